The van der Waals surface area contributed by atoms with Crippen molar-refractivity contribution in [1.82, 2.24) is 15.3 Å². The molecule has 1 aromatic heterocycles. The van der Waals surface area contributed by atoms with E-state index in [4.69, 9.17) is 0 Å². The molecule has 5 nitrogen and oxygen atoms in total. The van der Waals surface area contributed by atoms with E-state index in [1.165, 1.54) is 11.6 Å². The number of aromatic nitrogens is 2. The molecule has 2 aromatic carbocycles. The van der Waals surface area contributed by atoms with E-state index in [0.29, 0.717) is 23.8 Å². The predicted molar refractivity (Wildman–Crippen MR) is 108 cm³/mol. The first kappa shape index (κ1) is 19.5. The molecular formula is C22H23FN4O. The molecule has 144 valence electrons. The molecule has 28 heavy (non-hydrogen) atoms. The lowest BCUT2D eigenvalue weighted by Crippen LogP contribution is -2.25. The summed E-state index contributed by atoms with van der Waals surface area (Å²) in [4.78, 5) is 21.0. The topological polar surface area (TPSA) is 66.9 Å². The predicted octanol–water partition coefficient (Wildman–Crippen LogP) is 3.90. The fraction of sp³-hybridized carbons (Fsp3) is 0.227. The third kappa shape index (κ3) is 5.61. The SMILES string of the molecule is Cc1cc(C(=O)NCc2ccccc2F)nc(NCCCc2ccccc2)n1. The fourth-order valence-electron chi connectivity index (χ4n) is 2.81. The third-order valence-corrected chi connectivity index (χ3v) is 4.25. The number of rotatable bonds is 8. The van der Waals surface area contributed by atoms with E-state index in [1.54, 1.807) is 24.3 Å². The van der Waals surface area contributed by atoms with Crippen LogP contribution in [0, 0.1) is 12.7 Å². The molecule has 0 unspecified atom stereocenters. The van der Waals surface area contributed by atoms with Crippen LogP contribution in [-0.4, -0.2) is 22.4 Å². The Hall–Kier alpha value is -3.28. The molecule has 3 rings (SSSR count). The van der Waals surface area contributed by atoms with Crippen molar-refractivity contribution < 1.29 is 9.18 Å². The van der Waals surface area contributed by atoms with E-state index in [9.17, 15) is 9.18 Å². The van der Waals surface area contributed by atoms with Gasteiger partial charge in [0.2, 0.25) is 5.95 Å². The highest BCUT2D eigenvalue weighted by Gasteiger charge is 2.11. The normalized spacial score (nSPS) is 10.5. The van der Waals surface area contributed by atoms with Gasteiger partial charge in [0.1, 0.15) is 11.5 Å². The van der Waals surface area contributed by atoms with E-state index in [1.807, 2.05) is 25.1 Å². The van der Waals surface area contributed by atoms with Gasteiger partial charge < -0.3 is 10.6 Å². The van der Waals surface area contributed by atoms with Crippen LogP contribution in [-0.2, 0) is 13.0 Å². The van der Waals surface area contributed by atoms with Crippen molar-refractivity contribution in [2.24, 2.45) is 0 Å². The van der Waals surface area contributed by atoms with Crippen LogP contribution in [0.1, 0.15) is 33.7 Å². The Balaban J connectivity index is 1.54. The molecule has 3 aromatic rings. The van der Waals surface area contributed by atoms with Gasteiger partial charge in [-0.1, -0.05) is 48.5 Å². The molecular weight excluding hydrogens is 355 g/mol. The van der Waals surface area contributed by atoms with Crippen molar-refractivity contribution in [2.45, 2.75) is 26.3 Å². The van der Waals surface area contributed by atoms with Crippen molar-refractivity contribution >= 4 is 11.9 Å². The zero-order valence-electron chi connectivity index (χ0n) is 15.8. The molecule has 0 saturated heterocycles. The van der Waals surface area contributed by atoms with Crippen LogP contribution >= 0.6 is 0 Å². The molecule has 0 aliphatic heterocycles. The van der Waals surface area contributed by atoms with E-state index in [-0.39, 0.29) is 24.0 Å². The zero-order valence-corrected chi connectivity index (χ0v) is 15.8. The lowest BCUT2D eigenvalue weighted by molar-refractivity contribution is 0.0945. The smallest absolute Gasteiger partial charge is 0.270 e. The van der Waals surface area contributed by atoms with Crippen molar-refractivity contribution in [3.8, 4) is 0 Å². The number of carbonyl (C=O) groups excluding carboxylic acids is 1. The number of anilines is 1. The number of benzene rings is 2. The summed E-state index contributed by atoms with van der Waals surface area (Å²) < 4.78 is 13.7. The number of nitrogens with zero attached hydrogens (tertiary/aromatic N) is 2. The second-order valence-corrected chi connectivity index (χ2v) is 6.51. The Morgan fingerprint density at radius 1 is 1.04 bits per heavy atom. The number of hydrogen-bond donors (Lipinski definition) is 2. The average Bonchev–Trinajstić information content (AvgIpc) is 2.71. The number of amides is 1. The summed E-state index contributed by atoms with van der Waals surface area (Å²) in [6, 6.07) is 18.2. The fourth-order valence-corrected chi connectivity index (χ4v) is 2.81. The minimum absolute atomic E-state index is 0.106. The first-order chi connectivity index (χ1) is 13.6. The van der Waals surface area contributed by atoms with Crippen molar-refractivity contribution in [1.29, 1.82) is 0 Å². The number of carbonyl (C=O) groups is 1. The summed E-state index contributed by atoms with van der Waals surface area (Å²) in [6.07, 6.45) is 1.88. The summed E-state index contributed by atoms with van der Waals surface area (Å²) in [5, 5.41) is 5.87. The van der Waals surface area contributed by atoms with Gasteiger partial charge in [-0.2, -0.15) is 0 Å². The van der Waals surface area contributed by atoms with Gasteiger partial charge in [0.15, 0.2) is 0 Å². The maximum absolute atomic E-state index is 13.7. The third-order valence-electron chi connectivity index (χ3n) is 4.25. The van der Waals surface area contributed by atoms with Crippen LogP contribution in [0.3, 0.4) is 0 Å². The average molecular weight is 378 g/mol. The van der Waals surface area contributed by atoms with Crippen LogP contribution in [0.2, 0.25) is 0 Å². The molecule has 0 atom stereocenters. The summed E-state index contributed by atoms with van der Waals surface area (Å²) in [5.74, 6) is -0.285. The van der Waals surface area contributed by atoms with E-state index in [0.717, 1.165) is 12.8 Å². The van der Waals surface area contributed by atoms with Gasteiger partial charge in [-0.05, 0) is 37.5 Å². The lowest BCUT2D eigenvalue weighted by Gasteiger charge is -2.09. The van der Waals surface area contributed by atoms with Gasteiger partial charge in [-0.3, -0.25) is 4.79 Å². The van der Waals surface area contributed by atoms with Crippen LogP contribution in [0.5, 0.6) is 0 Å². The molecule has 0 bridgehead atoms. The standard InChI is InChI=1S/C22H23FN4O/c1-16-14-20(21(28)25-15-18-11-5-6-12-19(18)23)27-22(26-16)24-13-7-10-17-8-3-2-4-9-17/h2-6,8-9,11-12,14H,7,10,13,15H2,1H3,(H,25,28)(H,24,26,27). The van der Waals surface area contributed by atoms with E-state index >= 15 is 0 Å². The Morgan fingerprint density at radius 3 is 2.57 bits per heavy atom. The second kappa shape index (κ2) is 9.60. The van der Waals surface area contributed by atoms with Crippen LogP contribution in [0.15, 0.2) is 60.7 Å². The van der Waals surface area contributed by atoms with Gasteiger partial charge in [0, 0.05) is 24.3 Å². The zero-order chi connectivity index (χ0) is 19.8. The molecule has 0 spiro atoms. The molecule has 0 fully saturated rings. The molecule has 0 aliphatic rings. The highest BCUT2D eigenvalue weighted by atomic mass is 19.1. The van der Waals surface area contributed by atoms with Gasteiger partial charge in [0.05, 0.1) is 0 Å². The van der Waals surface area contributed by atoms with Crippen LogP contribution in [0.25, 0.3) is 0 Å². The quantitative estimate of drug-likeness (QED) is 0.584. The summed E-state index contributed by atoms with van der Waals surface area (Å²) >= 11 is 0. The van der Waals surface area contributed by atoms with Crippen molar-refractivity contribution in [3.05, 3.63) is 89.0 Å². The first-order valence-corrected chi connectivity index (χ1v) is 9.27. The van der Waals surface area contributed by atoms with Gasteiger partial charge >= 0.3 is 0 Å². The van der Waals surface area contributed by atoms with Gasteiger partial charge in [-0.15, -0.1) is 0 Å². The molecule has 6 heteroatoms. The Morgan fingerprint density at radius 2 is 1.79 bits per heavy atom. The largest absolute Gasteiger partial charge is 0.354 e. The highest BCUT2D eigenvalue weighted by molar-refractivity contribution is 5.92. The van der Waals surface area contributed by atoms with Crippen molar-refractivity contribution in [3.63, 3.8) is 0 Å². The molecule has 0 saturated carbocycles. The van der Waals surface area contributed by atoms with Gasteiger partial charge in [0.25, 0.3) is 5.91 Å². The van der Waals surface area contributed by atoms with Crippen LogP contribution < -0.4 is 10.6 Å². The Labute approximate surface area is 164 Å². The maximum atomic E-state index is 13.7. The van der Waals surface area contributed by atoms with E-state index in [2.05, 4.69) is 32.7 Å². The van der Waals surface area contributed by atoms with Crippen molar-refractivity contribution in [2.75, 3.05) is 11.9 Å². The molecule has 1 heterocycles. The summed E-state index contributed by atoms with van der Waals surface area (Å²) in [6.45, 7) is 2.62. The highest BCUT2D eigenvalue weighted by Crippen LogP contribution is 2.09. The minimum Gasteiger partial charge on any atom is -0.354 e. The molecule has 1 amide bonds. The number of hydrogen-bond acceptors (Lipinski definition) is 4. The molecule has 0 radical (unpaired) electrons. The minimum atomic E-state index is -0.360. The summed E-state index contributed by atoms with van der Waals surface area (Å²) in [7, 11) is 0. The first-order valence-electron chi connectivity index (χ1n) is 9.27. The number of nitrogens with one attached hydrogen (secondary N) is 2. The molecule has 0 aliphatic carbocycles. The summed E-state index contributed by atoms with van der Waals surface area (Å²) in [5.41, 5.74) is 2.66. The second-order valence-electron chi connectivity index (χ2n) is 6.51. The Kier molecular flexibility index (Phi) is 6.68. The van der Waals surface area contributed by atoms with E-state index < -0.39 is 0 Å². The monoisotopic (exact) mass is 378 g/mol. The Bertz CT molecular complexity index is 931. The number of aryl methyl sites for hydroxylation is 2. The maximum Gasteiger partial charge on any atom is 0.270 e. The number of halogens is 1. The molecule has 2 N–H and O–H groups in total. The van der Waals surface area contributed by atoms with Crippen LogP contribution in [0.4, 0.5) is 10.3 Å². The van der Waals surface area contributed by atoms with Gasteiger partial charge in [-0.25, -0.2) is 14.4 Å². The lowest BCUT2D eigenvalue weighted by atomic mass is 10.1.